The molecule has 2 aliphatic heterocycles. The molecule has 0 bridgehead atoms. The summed E-state index contributed by atoms with van der Waals surface area (Å²) in [6.07, 6.45) is 6.36. The summed E-state index contributed by atoms with van der Waals surface area (Å²) in [4.78, 5) is 22.8. The molecule has 28 heavy (non-hydrogen) atoms. The molecule has 0 aliphatic carbocycles. The lowest BCUT2D eigenvalue weighted by Gasteiger charge is -2.45. The molecule has 1 amide bonds. The first-order valence-electron chi connectivity index (χ1n) is 9.68. The van der Waals surface area contributed by atoms with Gasteiger partial charge in [-0.15, -0.1) is 0 Å². The number of halogens is 1. The third-order valence-corrected chi connectivity index (χ3v) is 5.64. The van der Waals surface area contributed by atoms with Crippen molar-refractivity contribution in [1.82, 2.24) is 14.9 Å². The second kappa shape index (κ2) is 7.83. The molecule has 0 saturated carbocycles. The van der Waals surface area contributed by atoms with E-state index in [4.69, 9.17) is 9.47 Å². The Morgan fingerprint density at radius 1 is 1.29 bits per heavy atom. The minimum Gasteiger partial charge on any atom is -0.460 e. The highest BCUT2D eigenvalue weighted by atomic mass is 19.1. The minimum absolute atomic E-state index is 0.00426. The van der Waals surface area contributed by atoms with Crippen LogP contribution in [-0.4, -0.2) is 52.2 Å². The number of piperidine rings is 1. The van der Waals surface area contributed by atoms with Crippen LogP contribution in [0.4, 0.5) is 4.39 Å². The Bertz CT molecular complexity index is 838. The maximum absolute atomic E-state index is 13.8. The predicted molar refractivity (Wildman–Crippen MR) is 101 cm³/mol. The smallest absolute Gasteiger partial charge is 0.316 e. The highest BCUT2D eigenvalue weighted by Crippen LogP contribution is 2.36. The van der Waals surface area contributed by atoms with Gasteiger partial charge in [0.15, 0.2) is 0 Å². The van der Waals surface area contributed by atoms with E-state index in [0.717, 1.165) is 25.7 Å². The summed E-state index contributed by atoms with van der Waals surface area (Å²) in [7, 11) is 0. The van der Waals surface area contributed by atoms with E-state index in [1.807, 2.05) is 0 Å². The van der Waals surface area contributed by atoms with Gasteiger partial charge in [-0.3, -0.25) is 4.79 Å². The molecule has 1 spiro atoms. The maximum Gasteiger partial charge on any atom is 0.316 e. The molecular weight excluding hydrogens is 361 g/mol. The molecule has 0 N–H and O–H groups in total. The molecule has 0 radical (unpaired) electrons. The normalized spacial score (nSPS) is 21.5. The highest BCUT2D eigenvalue weighted by Gasteiger charge is 2.42. The van der Waals surface area contributed by atoms with Crippen molar-refractivity contribution in [3.05, 3.63) is 53.6 Å². The van der Waals surface area contributed by atoms with Gasteiger partial charge in [0.25, 0.3) is 5.91 Å². The zero-order valence-electron chi connectivity index (χ0n) is 15.9. The summed E-state index contributed by atoms with van der Waals surface area (Å²) < 4.78 is 25.9. The number of hydrogen-bond acceptors (Lipinski definition) is 5. The predicted octanol–water partition coefficient (Wildman–Crippen LogP) is 3.16. The van der Waals surface area contributed by atoms with E-state index in [1.54, 1.807) is 42.4 Å². The van der Waals surface area contributed by atoms with E-state index in [9.17, 15) is 9.18 Å². The number of benzene rings is 1. The van der Waals surface area contributed by atoms with Crippen molar-refractivity contribution in [2.24, 2.45) is 0 Å². The van der Waals surface area contributed by atoms with Gasteiger partial charge in [0.1, 0.15) is 11.9 Å². The number of nitrogens with zero attached hydrogens (tertiary/aromatic N) is 3. The van der Waals surface area contributed by atoms with Gasteiger partial charge >= 0.3 is 6.01 Å². The molecule has 2 aliphatic rings. The van der Waals surface area contributed by atoms with Crippen LogP contribution < -0.4 is 4.74 Å². The molecule has 1 aromatic carbocycles. The zero-order chi connectivity index (χ0) is 19.6. The third kappa shape index (κ3) is 3.99. The van der Waals surface area contributed by atoms with Crippen molar-refractivity contribution < 1.29 is 18.7 Å². The number of aryl methyl sites for hydroxylation is 1. The van der Waals surface area contributed by atoms with Crippen molar-refractivity contribution in [3.8, 4) is 6.01 Å². The van der Waals surface area contributed by atoms with Crippen molar-refractivity contribution in [3.63, 3.8) is 0 Å². The topological polar surface area (TPSA) is 64.6 Å². The van der Waals surface area contributed by atoms with Crippen LogP contribution in [0, 0.1) is 12.7 Å². The summed E-state index contributed by atoms with van der Waals surface area (Å²) in [6.45, 7) is 3.48. The molecule has 1 atom stereocenters. The number of amides is 1. The first-order chi connectivity index (χ1) is 13.5. The Kier molecular flexibility index (Phi) is 5.26. The molecule has 2 aromatic rings. The molecule has 6 nitrogen and oxygen atoms in total. The molecule has 2 fully saturated rings. The van der Waals surface area contributed by atoms with Gasteiger partial charge in [-0.25, -0.2) is 14.4 Å². The van der Waals surface area contributed by atoms with Gasteiger partial charge in [-0.2, -0.15) is 0 Å². The van der Waals surface area contributed by atoms with E-state index >= 15 is 0 Å². The van der Waals surface area contributed by atoms with Crippen molar-refractivity contribution in [2.75, 3.05) is 19.7 Å². The molecule has 7 heteroatoms. The Hall–Kier alpha value is -2.54. The highest BCUT2D eigenvalue weighted by molar-refractivity contribution is 5.94. The quantitative estimate of drug-likeness (QED) is 0.812. The molecule has 4 rings (SSSR count). The van der Waals surface area contributed by atoms with Crippen molar-refractivity contribution in [1.29, 1.82) is 0 Å². The number of hydrogen-bond donors (Lipinski definition) is 0. The Morgan fingerprint density at radius 3 is 2.75 bits per heavy atom. The molecule has 148 valence electrons. The molecule has 1 aromatic heterocycles. The lowest BCUT2D eigenvalue weighted by Crippen LogP contribution is -2.52. The van der Waals surface area contributed by atoms with Crippen LogP contribution in [0.2, 0.25) is 0 Å². The summed E-state index contributed by atoms with van der Waals surface area (Å²) >= 11 is 0. The van der Waals surface area contributed by atoms with Crippen LogP contribution in [0.1, 0.15) is 41.6 Å². The number of ether oxygens (including phenoxy) is 2. The van der Waals surface area contributed by atoms with E-state index in [0.29, 0.717) is 36.8 Å². The fraction of sp³-hybridized carbons (Fsp3) is 0.476. The molecule has 2 saturated heterocycles. The Balaban J connectivity index is 1.37. The fourth-order valence-corrected chi connectivity index (χ4v) is 3.95. The van der Waals surface area contributed by atoms with E-state index < -0.39 is 0 Å². The second-order valence-corrected chi connectivity index (χ2v) is 7.55. The van der Waals surface area contributed by atoms with Gasteiger partial charge in [0.2, 0.25) is 0 Å². The lowest BCUT2D eigenvalue weighted by molar-refractivity contribution is -0.136. The largest absolute Gasteiger partial charge is 0.460 e. The number of carbonyl (C=O) groups excluding carboxylic acids is 1. The fourth-order valence-electron chi connectivity index (χ4n) is 3.95. The Labute approximate surface area is 163 Å². The van der Waals surface area contributed by atoms with Gasteiger partial charge in [0.05, 0.1) is 12.2 Å². The summed E-state index contributed by atoms with van der Waals surface area (Å²) in [5.74, 6) is -0.479. The van der Waals surface area contributed by atoms with Crippen molar-refractivity contribution in [2.45, 2.75) is 44.3 Å². The number of aromatic nitrogens is 2. The average Bonchev–Trinajstić information content (AvgIpc) is 2.71. The van der Waals surface area contributed by atoms with Crippen LogP contribution in [0.25, 0.3) is 0 Å². The van der Waals surface area contributed by atoms with Crippen LogP contribution in [0.5, 0.6) is 6.01 Å². The summed E-state index contributed by atoms with van der Waals surface area (Å²) in [5.41, 5.74) is 0.650. The summed E-state index contributed by atoms with van der Waals surface area (Å²) in [6, 6.07) is 6.80. The van der Waals surface area contributed by atoms with Gasteiger partial charge in [0, 0.05) is 43.9 Å². The third-order valence-electron chi connectivity index (χ3n) is 5.64. The molecule has 1 unspecified atom stereocenters. The van der Waals surface area contributed by atoms with Crippen molar-refractivity contribution >= 4 is 5.91 Å². The number of likely N-dealkylation sites (tertiary alicyclic amines) is 1. The summed E-state index contributed by atoms with van der Waals surface area (Å²) in [5, 5.41) is 0. The lowest BCUT2D eigenvalue weighted by atomic mass is 9.83. The monoisotopic (exact) mass is 385 g/mol. The number of rotatable bonds is 3. The molecular formula is C21H24FN3O3. The van der Waals surface area contributed by atoms with Gasteiger partial charge in [-0.05, 0) is 43.5 Å². The van der Waals surface area contributed by atoms with Crippen LogP contribution in [-0.2, 0) is 4.74 Å². The minimum atomic E-state index is -0.349. The zero-order valence-corrected chi connectivity index (χ0v) is 15.9. The van der Waals surface area contributed by atoms with Crippen LogP contribution in [0.15, 0.2) is 36.7 Å². The Morgan fingerprint density at radius 2 is 2.04 bits per heavy atom. The first-order valence-corrected chi connectivity index (χ1v) is 9.68. The molecule has 3 heterocycles. The van der Waals surface area contributed by atoms with Crippen LogP contribution >= 0.6 is 0 Å². The average molecular weight is 385 g/mol. The SMILES string of the molecule is Cc1ccc(C(=O)N2CCC3(CC2)CC(Oc2ncccn2)CCO3)cc1F. The van der Waals surface area contributed by atoms with E-state index in [-0.39, 0.29) is 23.4 Å². The standard InChI is InChI=1S/C21H24FN3O3/c1-15-3-4-16(13-18(15)22)19(26)25-10-6-21(7-11-25)14-17(5-12-27-21)28-20-23-8-2-9-24-20/h2-4,8-9,13,17H,5-7,10-12,14H2,1H3. The maximum atomic E-state index is 13.8. The van der Waals surface area contributed by atoms with E-state index in [2.05, 4.69) is 9.97 Å². The van der Waals surface area contributed by atoms with E-state index in [1.165, 1.54) is 6.07 Å². The van der Waals surface area contributed by atoms with Gasteiger partial charge in [-0.1, -0.05) is 6.07 Å². The van der Waals surface area contributed by atoms with Crippen LogP contribution in [0.3, 0.4) is 0 Å². The van der Waals surface area contributed by atoms with Gasteiger partial charge < -0.3 is 14.4 Å². The second-order valence-electron chi connectivity index (χ2n) is 7.55. The first kappa shape index (κ1) is 18.8. The number of carbonyl (C=O) groups is 1.